The van der Waals surface area contributed by atoms with Gasteiger partial charge in [0, 0.05) is 6.04 Å². The molecule has 3 atom stereocenters. The van der Waals surface area contributed by atoms with Crippen LogP contribution in [0.15, 0.2) is 12.2 Å². The van der Waals surface area contributed by atoms with Gasteiger partial charge in [-0.15, -0.1) is 0 Å². The van der Waals surface area contributed by atoms with E-state index in [1.807, 2.05) is 0 Å². The van der Waals surface area contributed by atoms with Gasteiger partial charge in [-0.05, 0) is 18.9 Å². The van der Waals surface area contributed by atoms with E-state index < -0.39 is 12.0 Å². The Bertz CT molecular complexity index is 248. The smallest absolute Gasteiger partial charge is 0.320 e. The Morgan fingerprint density at radius 3 is 2.73 bits per heavy atom. The zero-order chi connectivity index (χ0) is 11.4. The third-order valence-electron chi connectivity index (χ3n) is 2.59. The molecule has 0 radical (unpaired) electrons. The van der Waals surface area contributed by atoms with Gasteiger partial charge in [-0.2, -0.15) is 0 Å². The van der Waals surface area contributed by atoms with Gasteiger partial charge in [-0.3, -0.25) is 10.1 Å². The van der Waals surface area contributed by atoms with Crippen LogP contribution >= 0.6 is 0 Å². The van der Waals surface area contributed by atoms with Crippen molar-refractivity contribution in [2.45, 2.75) is 44.9 Å². The molecule has 0 aromatic heterocycles. The molecule has 0 aromatic rings. The molecule has 1 aliphatic rings. The van der Waals surface area contributed by atoms with Gasteiger partial charge in [0.1, 0.15) is 12.1 Å². The summed E-state index contributed by atoms with van der Waals surface area (Å²) in [5, 5.41) is 11.9. The Kier molecular flexibility index (Phi) is 4.29. The first kappa shape index (κ1) is 12.2. The second-order valence-electron chi connectivity index (χ2n) is 3.96. The fourth-order valence-electron chi connectivity index (χ4n) is 1.52. The van der Waals surface area contributed by atoms with E-state index in [0.29, 0.717) is 0 Å². The molecule has 4 heteroatoms. The number of carboxylic acid groups (broad SMARTS) is 1. The van der Waals surface area contributed by atoms with E-state index in [-0.39, 0.29) is 12.1 Å². The lowest BCUT2D eigenvalue weighted by atomic mass is 10.0. The maximum Gasteiger partial charge on any atom is 0.320 e. The highest BCUT2D eigenvalue weighted by Gasteiger charge is 2.31. The van der Waals surface area contributed by atoms with Gasteiger partial charge in [0.05, 0.1) is 6.61 Å². The quantitative estimate of drug-likeness (QED) is 0.492. The molecule has 0 aromatic carbocycles. The molecule has 0 saturated carbocycles. The lowest BCUT2D eigenvalue weighted by molar-refractivity contribution is -0.139. The predicted octanol–water partition coefficient (Wildman–Crippen LogP) is 1.17. The monoisotopic (exact) mass is 213 g/mol. The molecule has 15 heavy (non-hydrogen) atoms. The van der Waals surface area contributed by atoms with E-state index in [2.05, 4.69) is 18.8 Å². The van der Waals surface area contributed by atoms with Crippen molar-refractivity contribution in [3.05, 3.63) is 12.2 Å². The first-order chi connectivity index (χ1) is 7.06. The second kappa shape index (κ2) is 5.28. The van der Waals surface area contributed by atoms with Crippen molar-refractivity contribution in [3.63, 3.8) is 0 Å². The normalized spacial score (nSPS) is 23.2. The van der Waals surface area contributed by atoms with Crippen molar-refractivity contribution < 1.29 is 14.6 Å². The Hall–Kier alpha value is -0.870. The molecule has 1 unspecified atom stereocenters. The van der Waals surface area contributed by atoms with Crippen LogP contribution in [0.1, 0.15) is 26.7 Å². The van der Waals surface area contributed by atoms with Gasteiger partial charge in [-0.25, -0.2) is 0 Å². The molecule has 4 nitrogen and oxygen atoms in total. The molecule has 0 aliphatic carbocycles. The molecular weight excluding hydrogens is 194 g/mol. The zero-order valence-electron chi connectivity index (χ0n) is 9.32. The molecule has 1 fully saturated rings. The van der Waals surface area contributed by atoms with Crippen LogP contribution in [-0.4, -0.2) is 35.9 Å². The number of hydrogen-bond donors (Lipinski definition) is 2. The van der Waals surface area contributed by atoms with Gasteiger partial charge < -0.3 is 9.84 Å². The van der Waals surface area contributed by atoms with E-state index in [9.17, 15) is 4.79 Å². The maximum atomic E-state index is 10.7. The largest absolute Gasteiger partial charge is 0.480 e. The Labute approximate surface area is 90.3 Å². The highest BCUT2D eigenvalue weighted by atomic mass is 16.6. The molecular formula is C11H19NO3. The summed E-state index contributed by atoms with van der Waals surface area (Å²) in [5.74, 6) is -0.833. The summed E-state index contributed by atoms with van der Waals surface area (Å²) in [5.41, 5.74) is 0.977. The lowest BCUT2D eigenvalue weighted by Gasteiger charge is -2.22. The molecule has 0 spiro atoms. The molecule has 86 valence electrons. The number of hydrogen-bond acceptors (Lipinski definition) is 3. The molecule has 0 bridgehead atoms. The van der Waals surface area contributed by atoms with Crippen LogP contribution in [0, 0.1) is 0 Å². The summed E-state index contributed by atoms with van der Waals surface area (Å²) in [6.45, 7) is 8.41. The molecule has 1 aliphatic heterocycles. The summed E-state index contributed by atoms with van der Waals surface area (Å²) in [6, 6.07) is -0.495. The third kappa shape index (κ3) is 3.64. The van der Waals surface area contributed by atoms with Crippen LogP contribution in [0.25, 0.3) is 0 Å². The molecule has 1 rings (SSSR count). The lowest BCUT2D eigenvalue weighted by Crippen LogP contribution is -2.43. The van der Waals surface area contributed by atoms with Crippen molar-refractivity contribution in [2.75, 3.05) is 6.61 Å². The Morgan fingerprint density at radius 2 is 2.33 bits per heavy atom. The van der Waals surface area contributed by atoms with Gasteiger partial charge in [0.15, 0.2) is 0 Å². The van der Waals surface area contributed by atoms with E-state index in [0.717, 1.165) is 25.0 Å². The van der Waals surface area contributed by atoms with Crippen LogP contribution in [-0.2, 0) is 9.53 Å². The van der Waals surface area contributed by atoms with Gasteiger partial charge in [0.2, 0.25) is 0 Å². The van der Waals surface area contributed by atoms with E-state index in [1.54, 1.807) is 6.92 Å². The van der Waals surface area contributed by atoms with E-state index in [4.69, 9.17) is 9.84 Å². The Morgan fingerprint density at radius 1 is 1.73 bits per heavy atom. The number of aliphatic carboxylic acids is 1. The number of rotatable bonds is 7. The summed E-state index contributed by atoms with van der Waals surface area (Å²) in [6.07, 6.45) is 2.03. The van der Waals surface area contributed by atoms with Gasteiger partial charge in [-0.1, -0.05) is 19.9 Å². The molecule has 1 heterocycles. The van der Waals surface area contributed by atoms with Crippen LogP contribution in [0.3, 0.4) is 0 Å². The average molecular weight is 213 g/mol. The highest BCUT2D eigenvalue weighted by Crippen LogP contribution is 2.23. The summed E-state index contributed by atoms with van der Waals surface area (Å²) in [4.78, 5) is 10.7. The average Bonchev–Trinajstić information content (AvgIpc) is 2.99. The first-order valence-electron chi connectivity index (χ1n) is 5.35. The van der Waals surface area contributed by atoms with Crippen molar-refractivity contribution >= 4 is 5.97 Å². The Balaban J connectivity index is 2.48. The fourth-order valence-corrected chi connectivity index (χ4v) is 1.52. The van der Waals surface area contributed by atoms with Crippen LogP contribution in [0.5, 0.6) is 0 Å². The van der Waals surface area contributed by atoms with Gasteiger partial charge >= 0.3 is 5.97 Å². The minimum atomic E-state index is -0.833. The number of ether oxygens (including phenoxy) is 1. The van der Waals surface area contributed by atoms with Crippen molar-refractivity contribution in [3.8, 4) is 0 Å². The number of carbonyl (C=O) groups is 1. The van der Waals surface area contributed by atoms with Crippen molar-refractivity contribution in [2.24, 2.45) is 0 Å². The zero-order valence-corrected chi connectivity index (χ0v) is 9.32. The second-order valence-corrected chi connectivity index (χ2v) is 3.96. The van der Waals surface area contributed by atoms with Crippen molar-refractivity contribution in [1.82, 2.24) is 5.32 Å². The number of epoxide rings is 1. The highest BCUT2D eigenvalue weighted by molar-refractivity contribution is 5.72. The summed E-state index contributed by atoms with van der Waals surface area (Å²) in [7, 11) is 0. The topological polar surface area (TPSA) is 61.9 Å². The SMILES string of the molecule is C=C(C1CO1)[C@H](CCC)N[C@@H](C)C(=O)O. The molecule has 2 N–H and O–H groups in total. The van der Waals surface area contributed by atoms with Gasteiger partial charge in [0.25, 0.3) is 0 Å². The van der Waals surface area contributed by atoms with Crippen LogP contribution in [0.4, 0.5) is 0 Å². The third-order valence-corrected chi connectivity index (χ3v) is 2.59. The standard InChI is InChI=1S/C11H19NO3/c1-4-5-9(7(2)10-6-15-10)12-8(3)11(13)14/h8-10,12H,2,4-6H2,1,3H3,(H,13,14)/t8-,9-,10?/m0/s1. The summed E-state index contributed by atoms with van der Waals surface area (Å²) >= 11 is 0. The fraction of sp³-hybridized carbons (Fsp3) is 0.727. The number of carboxylic acids is 1. The predicted molar refractivity (Wildman–Crippen MR) is 57.8 cm³/mol. The minimum absolute atomic E-state index is 0.0496. The first-order valence-corrected chi connectivity index (χ1v) is 5.35. The van der Waals surface area contributed by atoms with E-state index in [1.165, 1.54) is 0 Å². The molecule has 1 saturated heterocycles. The van der Waals surface area contributed by atoms with E-state index >= 15 is 0 Å². The minimum Gasteiger partial charge on any atom is -0.480 e. The summed E-state index contributed by atoms with van der Waals surface area (Å²) < 4.78 is 5.15. The molecule has 0 amide bonds. The van der Waals surface area contributed by atoms with Crippen LogP contribution in [0.2, 0.25) is 0 Å². The number of nitrogens with one attached hydrogen (secondary N) is 1. The maximum absolute atomic E-state index is 10.7. The van der Waals surface area contributed by atoms with Crippen LogP contribution < -0.4 is 5.32 Å². The van der Waals surface area contributed by atoms with Crippen molar-refractivity contribution in [1.29, 1.82) is 0 Å².